The van der Waals surface area contributed by atoms with E-state index in [1.165, 1.54) is 6.20 Å². The Morgan fingerprint density at radius 2 is 1.83 bits per heavy atom. The van der Waals surface area contributed by atoms with Crippen molar-refractivity contribution in [2.45, 2.75) is 6.54 Å². The zero-order chi connectivity index (χ0) is 16.2. The molecule has 3 aromatic rings. The van der Waals surface area contributed by atoms with E-state index in [2.05, 4.69) is 42.2 Å². The van der Waals surface area contributed by atoms with Crippen LogP contribution in [0.15, 0.2) is 68.2 Å². The van der Waals surface area contributed by atoms with Crippen molar-refractivity contribution in [3.63, 3.8) is 0 Å². The minimum Gasteiger partial charge on any atom is -0.459 e. The molecule has 0 bridgehead atoms. The van der Waals surface area contributed by atoms with Gasteiger partial charge in [-0.15, -0.1) is 0 Å². The van der Waals surface area contributed by atoms with Crippen molar-refractivity contribution in [2.24, 2.45) is 0 Å². The molecule has 0 saturated heterocycles. The summed E-state index contributed by atoms with van der Waals surface area (Å²) >= 11 is 6.70. The van der Waals surface area contributed by atoms with Crippen LogP contribution in [0.4, 0.5) is 0 Å². The van der Waals surface area contributed by atoms with Crippen LogP contribution in [0.2, 0.25) is 0 Å². The molecule has 4 nitrogen and oxygen atoms in total. The van der Waals surface area contributed by atoms with Crippen LogP contribution >= 0.6 is 31.9 Å². The number of rotatable bonds is 4. The molecule has 6 heteroatoms. The number of furan rings is 1. The molecule has 0 saturated carbocycles. The Kier molecular flexibility index (Phi) is 4.93. The molecule has 1 aromatic carbocycles. The molecule has 2 aromatic heterocycles. The van der Waals surface area contributed by atoms with Gasteiger partial charge in [-0.2, -0.15) is 0 Å². The Morgan fingerprint density at radius 1 is 1.04 bits per heavy atom. The predicted molar refractivity (Wildman–Crippen MR) is 95.0 cm³/mol. The average Bonchev–Trinajstić information content (AvgIpc) is 3.02. The third-order valence-corrected chi connectivity index (χ3v) is 4.14. The third kappa shape index (κ3) is 4.09. The number of hydrogen-bond donors (Lipinski definition) is 1. The number of nitrogens with one attached hydrogen (secondary N) is 1. The maximum atomic E-state index is 12.1. The molecule has 0 fully saturated rings. The molecule has 1 N–H and O–H groups in total. The summed E-state index contributed by atoms with van der Waals surface area (Å²) in [4.78, 5) is 16.0. The maximum Gasteiger partial charge on any atom is 0.253 e. The van der Waals surface area contributed by atoms with E-state index >= 15 is 0 Å². The van der Waals surface area contributed by atoms with Gasteiger partial charge in [-0.25, -0.2) is 0 Å². The van der Waals surface area contributed by atoms with Gasteiger partial charge in [-0.1, -0.05) is 28.1 Å². The number of hydrogen-bond acceptors (Lipinski definition) is 3. The summed E-state index contributed by atoms with van der Waals surface area (Å²) in [6, 6.07) is 13.3. The summed E-state index contributed by atoms with van der Waals surface area (Å²) in [5.74, 6) is 1.27. The molecule has 0 unspecified atom stereocenters. The van der Waals surface area contributed by atoms with Crippen molar-refractivity contribution in [1.29, 1.82) is 0 Å². The highest BCUT2D eigenvalue weighted by atomic mass is 79.9. The van der Waals surface area contributed by atoms with Crippen LogP contribution in [0, 0.1) is 0 Å². The first-order chi connectivity index (χ1) is 11.1. The van der Waals surface area contributed by atoms with Gasteiger partial charge in [0.1, 0.15) is 11.5 Å². The van der Waals surface area contributed by atoms with Gasteiger partial charge in [0.05, 0.1) is 12.1 Å². The molecular weight excluding hydrogens is 424 g/mol. The highest BCUT2D eigenvalue weighted by Crippen LogP contribution is 2.24. The van der Waals surface area contributed by atoms with E-state index in [1.807, 2.05) is 36.4 Å². The molecule has 0 aliphatic rings. The van der Waals surface area contributed by atoms with Crippen molar-refractivity contribution in [3.05, 3.63) is 75.1 Å². The lowest BCUT2D eigenvalue weighted by Crippen LogP contribution is -2.22. The molecule has 0 aliphatic carbocycles. The minimum atomic E-state index is -0.194. The first-order valence-corrected chi connectivity index (χ1v) is 8.44. The van der Waals surface area contributed by atoms with Gasteiger partial charge >= 0.3 is 0 Å². The first kappa shape index (κ1) is 16.0. The van der Waals surface area contributed by atoms with E-state index in [0.717, 1.165) is 20.3 Å². The summed E-state index contributed by atoms with van der Waals surface area (Å²) in [5.41, 5.74) is 1.49. The minimum absolute atomic E-state index is 0.194. The Bertz CT molecular complexity index is 829. The maximum absolute atomic E-state index is 12.1. The van der Waals surface area contributed by atoms with Crippen molar-refractivity contribution < 1.29 is 9.21 Å². The van der Waals surface area contributed by atoms with Gasteiger partial charge in [0.2, 0.25) is 0 Å². The van der Waals surface area contributed by atoms with E-state index in [-0.39, 0.29) is 5.91 Å². The molecule has 3 rings (SSSR count). The van der Waals surface area contributed by atoms with Crippen molar-refractivity contribution >= 4 is 37.8 Å². The number of amides is 1. The number of carbonyl (C=O) groups excluding carboxylic acids is 1. The fourth-order valence-corrected chi connectivity index (χ4v) is 2.68. The fraction of sp³-hybridized carbons (Fsp3) is 0.0588. The van der Waals surface area contributed by atoms with E-state index in [4.69, 9.17) is 4.42 Å². The quantitative estimate of drug-likeness (QED) is 0.640. The zero-order valence-electron chi connectivity index (χ0n) is 11.9. The molecule has 2 heterocycles. The summed E-state index contributed by atoms with van der Waals surface area (Å²) in [5, 5.41) is 2.82. The lowest BCUT2D eigenvalue weighted by Gasteiger charge is -2.03. The molecule has 116 valence electrons. The summed E-state index contributed by atoms with van der Waals surface area (Å²) < 4.78 is 7.55. The SMILES string of the molecule is O=C(NCc1ccc(-c2ccc(Br)cc2)o1)c1cncc(Br)c1. The highest BCUT2D eigenvalue weighted by Gasteiger charge is 2.09. The van der Waals surface area contributed by atoms with Gasteiger partial charge in [-0.05, 0) is 46.3 Å². The Labute approximate surface area is 150 Å². The van der Waals surface area contributed by atoms with E-state index in [9.17, 15) is 4.79 Å². The van der Waals surface area contributed by atoms with Crippen molar-refractivity contribution in [2.75, 3.05) is 0 Å². The Hall–Kier alpha value is -1.92. The molecule has 0 aliphatic heterocycles. The molecule has 0 atom stereocenters. The lowest BCUT2D eigenvalue weighted by atomic mass is 10.2. The highest BCUT2D eigenvalue weighted by molar-refractivity contribution is 9.10. The van der Waals surface area contributed by atoms with Crippen LogP contribution in [0.5, 0.6) is 0 Å². The average molecular weight is 436 g/mol. The van der Waals surface area contributed by atoms with Crippen LogP contribution in [0.25, 0.3) is 11.3 Å². The fourth-order valence-electron chi connectivity index (χ4n) is 2.05. The third-order valence-electron chi connectivity index (χ3n) is 3.18. The summed E-state index contributed by atoms with van der Waals surface area (Å²) in [7, 11) is 0. The van der Waals surface area contributed by atoms with Crippen LogP contribution in [-0.2, 0) is 6.54 Å². The number of aromatic nitrogens is 1. The largest absolute Gasteiger partial charge is 0.459 e. The van der Waals surface area contributed by atoms with Crippen LogP contribution in [-0.4, -0.2) is 10.9 Å². The standard InChI is InChI=1S/C17H12Br2N2O2/c18-13-3-1-11(2-4-13)16-6-5-15(23-16)10-21-17(22)12-7-14(19)9-20-8-12/h1-9H,10H2,(H,21,22). The molecule has 1 amide bonds. The van der Waals surface area contributed by atoms with Crippen LogP contribution in [0.1, 0.15) is 16.1 Å². The zero-order valence-corrected chi connectivity index (χ0v) is 15.1. The molecule has 0 spiro atoms. The second-order valence-corrected chi connectivity index (χ2v) is 6.68. The van der Waals surface area contributed by atoms with Gasteiger partial charge < -0.3 is 9.73 Å². The van der Waals surface area contributed by atoms with Crippen LogP contribution < -0.4 is 5.32 Å². The van der Waals surface area contributed by atoms with Gasteiger partial charge in [0, 0.05) is 26.9 Å². The summed E-state index contributed by atoms with van der Waals surface area (Å²) in [6.07, 6.45) is 3.16. The number of pyridine rings is 1. The van der Waals surface area contributed by atoms with Crippen LogP contribution in [0.3, 0.4) is 0 Å². The van der Waals surface area contributed by atoms with E-state index in [0.29, 0.717) is 17.9 Å². The lowest BCUT2D eigenvalue weighted by molar-refractivity contribution is 0.0947. The Balaban J connectivity index is 1.65. The monoisotopic (exact) mass is 434 g/mol. The molecular formula is C17H12Br2N2O2. The second-order valence-electron chi connectivity index (χ2n) is 4.85. The number of halogens is 2. The number of benzene rings is 1. The van der Waals surface area contributed by atoms with E-state index < -0.39 is 0 Å². The normalized spacial score (nSPS) is 10.5. The first-order valence-electron chi connectivity index (χ1n) is 6.85. The van der Waals surface area contributed by atoms with Gasteiger partial charge in [0.25, 0.3) is 5.91 Å². The van der Waals surface area contributed by atoms with Crippen molar-refractivity contribution in [1.82, 2.24) is 10.3 Å². The van der Waals surface area contributed by atoms with Crippen molar-refractivity contribution in [3.8, 4) is 11.3 Å². The summed E-state index contributed by atoms with van der Waals surface area (Å²) in [6.45, 7) is 0.321. The van der Waals surface area contributed by atoms with E-state index in [1.54, 1.807) is 12.3 Å². The van der Waals surface area contributed by atoms with Gasteiger partial charge in [0.15, 0.2) is 0 Å². The number of carbonyl (C=O) groups is 1. The Morgan fingerprint density at radius 3 is 2.57 bits per heavy atom. The molecule has 23 heavy (non-hydrogen) atoms. The van der Waals surface area contributed by atoms with Gasteiger partial charge in [-0.3, -0.25) is 9.78 Å². The molecule has 0 radical (unpaired) electrons. The predicted octanol–water partition coefficient (Wildman–Crippen LogP) is 4.80. The number of nitrogens with zero attached hydrogens (tertiary/aromatic N) is 1. The smallest absolute Gasteiger partial charge is 0.253 e. The topological polar surface area (TPSA) is 55.1 Å². The second kappa shape index (κ2) is 7.10.